The van der Waals surface area contributed by atoms with Crippen molar-refractivity contribution in [1.29, 1.82) is 0 Å². The van der Waals surface area contributed by atoms with Crippen LogP contribution >= 0.6 is 0 Å². The predicted molar refractivity (Wildman–Crippen MR) is 122 cm³/mol. The Morgan fingerprint density at radius 2 is 1.94 bits per heavy atom. The highest BCUT2D eigenvalue weighted by molar-refractivity contribution is 5.97. The highest BCUT2D eigenvalue weighted by Gasteiger charge is 2.70. The Balaban J connectivity index is 1.40. The third-order valence-corrected chi connectivity index (χ3v) is 10.4. The summed E-state index contributed by atoms with van der Waals surface area (Å²) in [4.78, 5) is 13.2. The van der Waals surface area contributed by atoms with E-state index in [4.69, 9.17) is 13.9 Å². The summed E-state index contributed by atoms with van der Waals surface area (Å²) < 4.78 is 17.6. The minimum Gasteiger partial charge on any atom is -0.461 e. The number of hydrogen-bond acceptors (Lipinski definition) is 10. The van der Waals surface area contributed by atoms with Crippen LogP contribution in [0.1, 0.15) is 67.5 Å². The average molecular weight is 509 g/mol. The SMILES string of the molecule is C[C@@]12CC(=O)c3occc3[C@H]1CC[C@@]13C[C@@H](C[C@H](O[C@@H]4O[C@H](CO)[C@@H](O)[C@H](O)[C@H]4O)[C@H]12)[C@@](O)(CO)C3. The summed E-state index contributed by atoms with van der Waals surface area (Å²) in [6.07, 6.45) is -2.69. The van der Waals surface area contributed by atoms with E-state index in [9.17, 15) is 35.4 Å². The molecule has 10 nitrogen and oxygen atoms in total. The van der Waals surface area contributed by atoms with E-state index in [2.05, 4.69) is 6.92 Å². The zero-order chi connectivity index (χ0) is 25.6. The molecule has 6 N–H and O–H groups in total. The molecular formula is C26H36O10. The molecule has 1 saturated heterocycles. The molecule has 0 aromatic carbocycles. The van der Waals surface area contributed by atoms with Crippen molar-refractivity contribution in [2.24, 2.45) is 22.7 Å². The van der Waals surface area contributed by atoms with Gasteiger partial charge in [0.25, 0.3) is 0 Å². The second-order valence-corrected chi connectivity index (χ2v) is 12.2. The third kappa shape index (κ3) is 3.29. The van der Waals surface area contributed by atoms with Gasteiger partial charge in [-0.1, -0.05) is 6.92 Å². The molecule has 1 aliphatic heterocycles. The lowest BCUT2D eigenvalue weighted by Gasteiger charge is -2.61. The van der Waals surface area contributed by atoms with Crippen molar-refractivity contribution in [2.75, 3.05) is 13.2 Å². The number of carbonyl (C=O) groups is 1. The molecule has 6 rings (SSSR count). The number of aliphatic hydroxyl groups is 6. The van der Waals surface area contributed by atoms with Gasteiger partial charge in [0.15, 0.2) is 17.8 Å². The minimum atomic E-state index is -1.57. The minimum absolute atomic E-state index is 0.0415. The van der Waals surface area contributed by atoms with Gasteiger partial charge in [-0.2, -0.15) is 0 Å². The highest BCUT2D eigenvalue weighted by atomic mass is 16.7. The van der Waals surface area contributed by atoms with Gasteiger partial charge >= 0.3 is 0 Å². The van der Waals surface area contributed by atoms with E-state index in [0.29, 0.717) is 25.0 Å². The van der Waals surface area contributed by atoms with Crippen molar-refractivity contribution in [3.05, 3.63) is 23.7 Å². The van der Waals surface area contributed by atoms with Crippen LogP contribution < -0.4 is 0 Å². The third-order valence-electron chi connectivity index (χ3n) is 10.4. The Hall–Kier alpha value is -1.37. The summed E-state index contributed by atoms with van der Waals surface area (Å²) >= 11 is 0. The first kappa shape index (κ1) is 24.9. The van der Waals surface area contributed by atoms with Crippen LogP contribution in [-0.4, -0.2) is 92.0 Å². The number of hydrogen-bond donors (Lipinski definition) is 6. The first-order valence-electron chi connectivity index (χ1n) is 13.0. The van der Waals surface area contributed by atoms with Crippen LogP contribution in [-0.2, 0) is 9.47 Å². The molecule has 5 aliphatic rings. The zero-order valence-corrected chi connectivity index (χ0v) is 20.3. The molecular weight excluding hydrogens is 472 g/mol. The lowest BCUT2D eigenvalue weighted by Crippen LogP contribution is -2.62. The largest absolute Gasteiger partial charge is 0.461 e. The number of furan rings is 1. The van der Waals surface area contributed by atoms with Crippen LogP contribution in [0.25, 0.3) is 0 Å². The first-order valence-corrected chi connectivity index (χ1v) is 13.0. The summed E-state index contributed by atoms with van der Waals surface area (Å²) in [7, 11) is 0. The van der Waals surface area contributed by atoms with Crippen LogP contribution in [0.15, 0.2) is 16.7 Å². The molecule has 4 aliphatic carbocycles. The Morgan fingerprint density at radius 3 is 2.67 bits per heavy atom. The van der Waals surface area contributed by atoms with Crippen LogP contribution in [0, 0.1) is 22.7 Å². The molecule has 2 bridgehead atoms. The van der Waals surface area contributed by atoms with E-state index in [1.807, 2.05) is 6.07 Å². The number of carbonyl (C=O) groups excluding carboxylic acids is 1. The maximum atomic E-state index is 13.2. The van der Waals surface area contributed by atoms with Crippen molar-refractivity contribution in [3.63, 3.8) is 0 Å². The Labute approximate surface area is 208 Å². The van der Waals surface area contributed by atoms with Crippen LogP contribution in [0.5, 0.6) is 0 Å². The number of ether oxygens (including phenoxy) is 2. The number of Topliss-reactive ketones (excluding diaryl/α,β-unsaturated/α-hetero) is 1. The Morgan fingerprint density at radius 1 is 1.17 bits per heavy atom. The summed E-state index contributed by atoms with van der Waals surface area (Å²) in [5.41, 5.74) is -1.29. The van der Waals surface area contributed by atoms with Crippen molar-refractivity contribution >= 4 is 5.78 Å². The van der Waals surface area contributed by atoms with E-state index < -0.39 is 54.4 Å². The molecule has 10 heteroatoms. The molecule has 1 spiro atoms. The van der Waals surface area contributed by atoms with Gasteiger partial charge in [-0.3, -0.25) is 4.79 Å². The van der Waals surface area contributed by atoms with Crippen molar-refractivity contribution in [1.82, 2.24) is 0 Å². The highest BCUT2D eigenvalue weighted by Crippen LogP contribution is 2.72. The quantitative estimate of drug-likeness (QED) is 0.327. The smallest absolute Gasteiger partial charge is 0.198 e. The summed E-state index contributed by atoms with van der Waals surface area (Å²) in [6.45, 7) is 1.16. The summed E-state index contributed by atoms with van der Waals surface area (Å²) in [5.74, 6) is -0.0703. The zero-order valence-electron chi connectivity index (χ0n) is 20.3. The fourth-order valence-electron chi connectivity index (χ4n) is 8.97. The van der Waals surface area contributed by atoms with Gasteiger partial charge in [-0.25, -0.2) is 0 Å². The average Bonchev–Trinajstić information content (AvgIpc) is 3.41. The summed E-state index contributed by atoms with van der Waals surface area (Å²) in [6, 6.07) is 1.87. The van der Waals surface area contributed by atoms with Gasteiger partial charge in [-0.15, -0.1) is 0 Å². The first-order chi connectivity index (χ1) is 17.1. The van der Waals surface area contributed by atoms with Gasteiger partial charge in [0, 0.05) is 12.0 Å². The van der Waals surface area contributed by atoms with E-state index in [1.54, 1.807) is 6.26 Å². The van der Waals surface area contributed by atoms with Crippen molar-refractivity contribution in [3.8, 4) is 0 Å². The molecule has 3 saturated carbocycles. The second kappa shape index (κ2) is 8.31. The predicted octanol–water partition coefficient (Wildman–Crippen LogP) is 0.0745. The van der Waals surface area contributed by atoms with Crippen molar-refractivity contribution in [2.45, 2.75) is 93.8 Å². The molecule has 0 radical (unpaired) electrons. The number of aliphatic hydroxyl groups excluding tert-OH is 5. The van der Waals surface area contributed by atoms with Gasteiger partial charge in [0.2, 0.25) is 0 Å². The Bertz CT molecular complexity index is 1020. The lowest BCUT2D eigenvalue weighted by atomic mass is 9.44. The van der Waals surface area contributed by atoms with E-state index in [-0.39, 0.29) is 42.0 Å². The lowest BCUT2D eigenvalue weighted by molar-refractivity contribution is -0.326. The van der Waals surface area contributed by atoms with Crippen LogP contribution in [0.3, 0.4) is 0 Å². The molecule has 1 aromatic rings. The monoisotopic (exact) mass is 508 g/mol. The maximum absolute atomic E-state index is 13.2. The molecule has 0 unspecified atom stereocenters. The molecule has 200 valence electrons. The second-order valence-electron chi connectivity index (χ2n) is 12.2. The van der Waals surface area contributed by atoms with Gasteiger partial charge < -0.3 is 44.5 Å². The van der Waals surface area contributed by atoms with Crippen LogP contribution in [0.4, 0.5) is 0 Å². The fraction of sp³-hybridized carbons (Fsp3) is 0.808. The molecule has 2 heterocycles. The normalized spacial score (nSPS) is 52.0. The topological polar surface area (TPSA) is 170 Å². The van der Waals surface area contributed by atoms with Gasteiger partial charge in [-0.05, 0) is 66.8 Å². The molecule has 36 heavy (non-hydrogen) atoms. The fourth-order valence-corrected chi connectivity index (χ4v) is 8.97. The number of fused-ring (bicyclic) bond motifs is 5. The van der Waals surface area contributed by atoms with Crippen LogP contribution in [0.2, 0.25) is 0 Å². The summed E-state index contributed by atoms with van der Waals surface area (Å²) in [5, 5.41) is 62.4. The Kier molecular flexibility index (Phi) is 5.76. The van der Waals surface area contributed by atoms with E-state index >= 15 is 0 Å². The van der Waals surface area contributed by atoms with Gasteiger partial charge in [0.1, 0.15) is 24.4 Å². The van der Waals surface area contributed by atoms with Crippen molar-refractivity contribution < 1.29 is 49.3 Å². The molecule has 4 fully saturated rings. The number of rotatable bonds is 4. The standard InChI is InChI=1S/C26H36O10/c1-24-8-15(29)21-13(3-5-34-21)14(24)2-4-25-7-12(26(33,10-25)11-28)6-16(22(24)25)35-23-20(32)19(31)18(30)17(9-27)36-23/h3,5,12,14,16-20,22-23,27-28,30-33H,2,4,6-11H2,1H3/t12-,14-,16+,17-,18-,19+,20-,22+,23-,24-,25+,26+/m1/s1. The van der Waals surface area contributed by atoms with E-state index in [1.165, 1.54) is 0 Å². The maximum Gasteiger partial charge on any atom is 0.198 e. The molecule has 12 atom stereocenters. The molecule has 0 amide bonds. The van der Waals surface area contributed by atoms with Gasteiger partial charge in [0.05, 0.1) is 31.2 Å². The van der Waals surface area contributed by atoms with E-state index in [0.717, 1.165) is 18.4 Å². The molecule has 1 aromatic heterocycles. The number of ketones is 1.